The number of hydrogen-bond donors (Lipinski definition) is 1. The van der Waals surface area contributed by atoms with Gasteiger partial charge in [-0.3, -0.25) is 4.90 Å². The molecule has 0 radical (unpaired) electrons. The van der Waals surface area contributed by atoms with Crippen LogP contribution in [0.2, 0.25) is 0 Å². The third-order valence-corrected chi connectivity index (χ3v) is 3.48. The summed E-state index contributed by atoms with van der Waals surface area (Å²) < 4.78 is 4.58. The van der Waals surface area contributed by atoms with Crippen molar-refractivity contribution < 1.29 is 9.53 Å². The Bertz CT molecular complexity index is 421. The molecule has 2 rings (SSSR count). The molecule has 1 N–H and O–H groups in total. The van der Waals surface area contributed by atoms with Crippen LogP contribution in [0.25, 0.3) is 0 Å². The molecule has 1 aromatic heterocycles. The molecule has 1 atom stereocenters. The summed E-state index contributed by atoms with van der Waals surface area (Å²) in [6.45, 7) is 5.30. The molecule has 2 heterocycles. The number of hydrogen-bond acceptors (Lipinski definition) is 6. The highest BCUT2D eigenvalue weighted by atomic mass is 16.5. The molecule has 0 saturated carbocycles. The molecule has 1 aliphatic rings. The van der Waals surface area contributed by atoms with Gasteiger partial charge in [0.25, 0.3) is 0 Å². The van der Waals surface area contributed by atoms with Crippen LogP contribution in [0.4, 0.5) is 5.82 Å². The molecule has 0 amide bonds. The SMILES string of the molecule is CCN1CCCC1CNc1ccc(C(=O)OC)nn1. The molecule has 1 saturated heterocycles. The van der Waals surface area contributed by atoms with Crippen molar-refractivity contribution >= 4 is 11.8 Å². The fraction of sp³-hybridized carbons (Fsp3) is 0.615. The smallest absolute Gasteiger partial charge is 0.358 e. The molecule has 19 heavy (non-hydrogen) atoms. The first kappa shape index (κ1) is 13.7. The van der Waals surface area contributed by atoms with Gasteiger partial charge in [0.05, 0.1) is 7.11 Å². The second kappa shape index (κ2) is 6.47. The summed E-state index contributed by atoms with van der Waals surface area (Å²) >= 11 is 0. The summed E-state index contributed by atoms with van der Waals surface area (Å²) in [4.78, 5) is 13.7. The van der Waals surface area contributed by atoms with Gasteiger partial charge in [-0.15, -0.1) is 10.2 Å². The third kappa shape index (κ3) is 3.41. The van der Waals surface area contributed by atoms with Gasteiger partial charge in [0, 0.05) is 12.6 Å². The Hall–Kier alpha value is -1.69. The van der Waals surface area contributed by atoms with Crippen LogP contribution in [-0.4, -0.2) is 53.9 Å². The molecule has 6 nitrogen and oxygen atoms in total. The van der Waals surface area contributed by atoms with Crippen molar-refractivity contribution in [1.29, 1.82) is 0 Å². The molecule has 1 unspecified atom stereocenters. The van der Waals surface area contributed by atoms with Gasteiger partial charge in [-0.1, -0.05) is 6.92 Å². The lowest BCUT2D eigenvalue weighted by atomic mass is 10.2. The minimum Gasteiger partial charge on any atom is -0.464 e. The zero-order valence-electron chi connectivity index (χ0n) is 11.4. The maximum atomic E-state index is 11.2. The van der Waals surface area contributed by atoms with E-state index < -0.39 is 5.97 Å². The number of likely N-dealkylation sites (tertiary alicyclic amines) is 1. The second-order valence-corrected chi connectivity index (χ2v) is 4.60. The third-order valence-electron chi connectivity index (χ3n) is 3.48. The number of carbonyl (C=O) groups is 1. The molecule has 1 aromatic rings. The Kier molecular flexibility index (Phi) is 4.68. The predicted molar refractivity (Wildman–Crippen MR) is 72.1 cm³/mol. The van der Waals surface area contributed by atoms with E-state index in [0.717, 1.165) is 13.1 Å². The number of nitrogens with one attached hydrogen (secondary N) is 1. The standard InChI is InChI=1S/C13H20N4O2/c1-3-17-8-4-5-10(17)9-14-12-7-6-11(15-16-12)13(18)19-2/h6-7,10H,3-5,8-9H2,1-2H3,(H,14,16). The normalized spacial score (nSPS) is 19.4. The van der Waals surface area contributed by atoms with E-state index in [-0.39, 0.29) is 5.69 Å². The highest BCUT2D eigenvalue weighted by Crippen LogP contribution is 2.16. The van der Waals surface area contributed by atoms with Crippen LogP contribution in [-0.2, 0) is 4.74 Å². The van der Waals surface area contributed by atoms with Gasteiger partial charge in [-0.25, -0.2) is 4.79 Å². The summed E-state index contributed by atoms with van der Waals surface area (Å²) in [7, 11) is 1.33. The maximum absolute atomic E-state index is 11.2. The van der Waals surface area contributed by atoms with Crippen LogP contribution in [0.3, 0.4) is 0 Å². The first-order chi connectivity index (χ1) is 9.24. The molecular formula is C13H20N4O2. The van der Waals surface area contributed by atoms with Crippen LogP contribution in [0.15, 0.2) is 12.1 Å². The van der Waals surface area contributed by atoms with E-state index in [2.05, 4.69) is 32.1 Å². The summed E-state index contributed by atoms with van der Waals surface area (Å²) in [6.07, 6.45) is 2.47. The van der Waals surface area contributed by atoms with E-state index in [1.165, 1.54) is 26.5 Å². The topological polar surface area (TPSA) is 67.4 Å². The molecule has 0 aliphatic carbocycles. The molecule has 0 spiro atoms. The van der Waals surface area contributed by atoms with Gasteiger partial charge in [0.1, 0.15) is 5.82 Å². The number of nitrogens with zero attached hydrogens (tertiary/aromatic N) is 3. The Morgan fingerprint density at radius 3 is 3.00 bits per heavy atom. The Morgan fingerprint density at radius 1 is 1.53 bits per heavy atom. The molecular weight excluding hydrogens is 244 g/mol. The van der Waals surface area contributed by atoms with E-state index >= 15 is 0 Å². The van der Waals surface area contributed by atoms with Gasteiger partial charge >= 0.3 is 5.97 Å². The van der Waals surface area contributed by atoms with Gasteiger partial charge in [-0.2, -0.15) is 0 Å². The lowest BCUT2D eigenvalue weighted by Gasteiger charge is -2.22. The largest absolute Gasteiger partial charge is 0.464 e. The number of aromatic nitrogens is 2. The van der Waals surface area contributed by atoms with Crippen molar-refractivity contribution in [2.45, 2.75) is 25.8 Å². The van der Waals surface area contributed by atoms with Crippen LogP contribution < -0.4 is 5.32 Å². The number of likely N-dealkylation sites (N-methyl/N-ethyl adjacent to an activating group) is 1. The lowest BCUT2D eigenvalue weighted by molar-refractivity contribution is 0.0593. The fourth-order valence-electron chi connectivity index (χ4n) is 2.40. The van der Waals surface area contributed by atoms with Gasteiger partial charge in [0.2, 0.25) is 0 Å². The van der Waals surface area contributed by atoms with Crippen LogP contribution in [0.1, 0.15) is 30.3 Å². The minimum absolute atomic E-state index is 0.226. The first-order valence-corrected chi connectivity index (χ1v) is 6.64. The molecule has 0 aromatic carbocycles. The molecule has 1 aliphatic heterocycles. The number of carbonyl (C=O) groups excluding carboxylic acids is 1. The van der Waals surface area contributed by atoms with Gasteiger partial charge in [0.15, 0.2) is 5.69 Å². The first-order valence-electron chi connectivity index (χ1n) is 6.64. The molecule has 0 bridgehead atoms. The fourth-order valence-corrected chi connectivity index (χ4v) is 2.40. The van der Waals surface area contributed by atoms with Crippen molar-refractivity contribution in [2.24, 2.45) is 0 Å². The Labute approximate surface area is 113 Å². The van der Waals surface area contributed by atoms with Crippen molar-refractivity contribution in [3.05, 3.63) is 17.8 Å². The number of esters is 1. The van der Waals surface area contributed by atoms with Crippen molar-refractivity contribution in [3.8, 4) is 0 Å². The van der Waals surface area contributed by atoms with Crippen molar-refractivity contribution in [1.82, 2.24) is 15.1 Å². The summed E-state index contributed by atoms with van der Waals surface area (Å²) in [6, 6.07) is 3.94. The average molecular weight is 264 g/mol. The zero-order valence-corrected chi connectivity index (χ0v) is 11.4. The van der Waals surface area contributed by atoms with Crippen molar-refractivity contribution in [3.63, 3.8) is 0 Å². The number of rotatable bonds is 5. The molecule has 1 fully saturated rings. The van der Waals surface area contributed by atoms with Crippen molar-refractivity contribution in [2.75, 3.05) is 32.1 Å². The predicted octanol–water partition coefficient (Wildman–Crippen LogP) is 1.16. The van der Waals surface area contributed by atoms with Gasteiger partial charge < -0.3 is 10.1 Å². The highest BCUT2D eigenvalue weighted by Gasteiger charge is 2.22. The summed E-state index contributed by atoms with van der Waals surface area (Å²) in [5.41, 5.74) is 0.226. The second-order valence-electron chi connectivity index (χ2n) is 4.60. The van der Waals surface area contributed by atoms with E-state index in [9.17, 15) is 4.79 Å². The molecule has 104 valence electrons. The molecule has 6 heteroatoms. The van der Waals surface area contributed by atoms with E-state index in [1.807, 2.05) is 0 Å². The lowest BCUT2D eigenvalue weighted by Crippen LogP contribution is -2.34. The Balaban J connectivity index is 1.88. The quantitative estimate of drug-likeness (QED) is 0.805. The average Bonchev–Trinajstić information content (AvgIpc) is 2.92. The highest BCUT2D eigenvalue weighted by molar-refractivity contribution is 5.86. The van der Waals surface area contributed by atoms with Crippen LogP contribution in [0, 0.1) is 0 Å². The van der Waals surface area contributed by atoms with Crippen LogP contribution >= 0.6 is 0 Å². The number of methoxy groups -OCH3 is 1. The summed E-state index contributed by atoms with van der Waals surface area (Å²) in [5.74, 6) is 0.225. The number of anilines is 1. The van der Waals surface area contributed by atoms with Crippen LogP contribution in [0.5, 0.6) is 0 Å². The van der Waals surface area contributed by atoms with E-state index in [0.29, 0.717) is 11.9 Å². The van der Waals surface area contributed by atoms with E-state index in [4.69, 9.17) is 0 Å². The number of ether oxygens (including phenoxy) is 1. The monoisotopic (exact) mass is 264 g/mol. The Morgan fingerprint density at radius 2 is 2.37 bits per heavy atom. The van der Waals surface area contributed by atoms with E-state index in [1.54, 1.807) is 12.1 Å². The maximum Gasteiger partial charge on any atom is 0.358 e. The zero-order chi connectivity index (χ0) is 13.7. The summed E-state index contributed by atoms with van der Waals surface area (Å²) in [5, 5.41) is 11.1. The minimum atomic E-state index is -0.466. The van der Waals surface area contributed by atoms with Gasteiger partial charge in [-0.05, 0) is 38.1 Å².